The van der Waals surface area contributed by atoms with Gasteiger partial charge in [0.1, 0.15) is 5.82 Å². The number of nitrogens with zero attached hydrogens (tertiary/aromatic N) is 2. The van der Waals surface area contributed by atoms with Crippen LogP contribution in [0.25, 0.3) is 0 Å². The zero-order valence-corrected chi connectivity index (χ0v) is 11.8. The minimum Gasteiger partial charge on any atom is -0.416 e. The molecule has 0 atom stereocenters. The van der Waals surface area contributed by atoms with Gasteiger partial charge in [-0.05, 0) is 42.4 Å². The molecule has 0 amide bonds. The number of hydrogen-bond acceptors (Lipinski definition) is 5. The molecule has 0 aliphatic carbocycles. The SMILES string of the molecule is CCCNCc1ccc(Sc2nnc(C)o2)c(F)c1. The van der Waals surface area contributed by atoms with E-state index >= 15 is 0 Å². The second kappa shape index (κ2) is 6.68. The van der Waals surface area contributed by atoms with Crippen LogP contribution >= 0.6 is 11.8 Å². The van der Waals surface area contributed by atoms with Gasteiger partial charge in [0.25, 0.3) is 5.22 Å². The third-order valence-electron chi connectivity index (χ3n) is 2.46. The molecule has 102 valence electrons. The molecule has 0 radical (unpaired) electrons. The molecule has 6 heteroatoms. The van der Waals surface area contributed by atoms with Crippen LogP contribution in [0.4, 0.5) is 4.39 Å². The Bertz CT molecular complexity index is 544. The maximum atomic E-state index is 13.9. The summed E-state index contributed by atoms with van der Waals surface area (Å²) in [7, 11) is 0. The summed E-state index contributed by atoms with van der Waals surface area (Å²) in [5, 5.41) is 11.1. The van der Waals surface area contributed by atoms with E-state index in [0.29, 0.717) is 22.6 Å². The van der Waals surface area contributed by atoms with Crippen LogP contribution in [-0.2, 0) is 6.54 Å². The first kappa shape index (κ1) is 14.0. The summed E-state index contributed by atoms with van der Waals surface area (Å²) < 4.78 is 19.1. The first-order valence-electron chi connectivity index (χ1n) is 6.16. The summed E-state index contributed by atoms with van der Waals surface area (Å²) in [5.41, 5.74) is 0.928. The average Bonchev–Trinajstić information content (AvgIpc) is 2.79. The van der Waals surface area contributed by atoms with E-state index < -0.39 is 0 Å². The minimum atomic E-state index is -0.267. The number of hydrogen-bond donors (Lipinski definition) is 1. The van der Waals surface area contributed by atoms with Gasteiger partial charge in [0.15, 0.2) is 0 Å². The molecule has 0 saturated carbocycles. The third kappa shape index (κ3) is 4.04. The van der Waals surface area contributed by atoms with Gasteiger partial charge in [0, 0.05) is 13.5 Å². The zero-order chi connectivity index (χ0) is 13.7. The lowest BCUT2D eigenvalue weighted by atomic mass is 10.2. The quantitative estimate of drug-likeness (QED) is 0.824. The van der Waals surface area contributed by atoms with Gasteiger partial charge in [0.05, 0.1) is 4.90 Å². The number of rotatable bonds is 6. The van der Waals surface area contributed by atoms with Crippen molar-refractivity contribution in [3.05, 3.63) is 35.5 Å². The highest BCUT2D eigenvalue weighted by Gasteiger charge is 2.10. The van der Waals surface area contributed by atoms with Crippen molar-refractivity contribution in [1.82, 2.24) is 15.5 Å². The third-order valence-corrected chi connectivity index (χ3v) is 3.35. The van der Waals surface area contributed by atoms with Gasteiger partial charge in [-0.15, -0.1) is 10.2 Å². The lowest BCUT2D eigenvalue weighted by Crippen LogP contribution is -2.13. The normalized spacial score (nSPS) is 10.9. The first-order valence-corrected chi connectivity index (χ1v) is 6.97. The Morgan fingerprint density at radius 2 is 2.21 bits per heavy atom. The molecule has 2 aromatic rings. The summed E-state index contributed by atoms with van der Waals surface area (Å²) >= 11 is 1.14. The van der Waals surface area contributed by atoms with Gasteiger partial charge < -0.3 is 9.73 Å². The molecule has 1 aromatic carbocycles. The molecule has 0 aliphatic heterocycles. The van der Waals surface area contributed by atoms with Crippen molar-refractivity contribution in [2.75, 3.05) is 6.54 Å². The molecule has 1 N–H and O–H groups in total. The number of halogens is 1. The summed E-state index contributed by atoms with van der Waals surface area (Å²) in [6, 6.07) is 5.17. The van der Waals surface area contributed by atoms with E-state index in [1.54, 1.807) is 13.0 Å². The molecular weight excluding hydrogens is 265 g/mol. The Hall–Kier alpha value is -1.40. The Morgan fingerprint density at radius 1 is 1.37 bits per heavy atom. The van der Waals surface area contributed by atoms with Crippen molar-refractivity contribution < 1.29 is 8.81 Å². The van der Waals surface area contributed by atoms with E-state index in [1.165, 1.54) is 6.07 Å². The number of aryl methyl sites for hydroxylation is 1. The Balaban J connectivity index is 2.02. The molecule has 0 unspecified atom stereocenters. The van der Waals surface area contributed by atoms with E-state index in [-0.39, 0.29) is 5.82 Å². The van der Waals surface area contributed by atoms with Crippen LogP contribution in [0.15, 0.2) is 32.7 Å². The lowest BCUT2D eigenvalue weighted by Gasteiger charge is -2.05. The van der Waals surface area contributed by atoms with Gasteiger partial charge in [0.2, 0.25) is 5.89 Å². The monoisotopic (exact) mass is 281 g/mol. The molecule has 0 saturated heterocycles. The van der Waals surface area contributed by atoms with Crippen LogP contribution in [0.2, 0.25) is 0 Å². The molecule has 19 heavy (non-hydrogen) atoms. The van der Waals surface area contributed by atoms with Crippen molar-refractivity contribution in [2.45, 2.75) is 36.9 Å². The largest absolute Gasteiger partial charge is 0.416 e. The maximum Gasteiger partial charge on any atom is 0.281 e. The molecule has 0 bridgehead atoms. The number of nitrogens with one attached hydrogen (secondary N) is 1. The first-order chi connectivity index (χ1) is 9.19. The Morgan fingerprint density at radius 3 is 2.84 bits per heavy atom. The van der Waals surface area contributed by atoms with Crippen molar-refractivity contribution in [2.24, 2.45) is 0 Å². The molecule has 4 nitrogen and oxygen atoms in total. The van der Waals surface area contributed by atoms with Crippen molar-refractivity contribution in [3.8, 4) is 0 Å². The molecule has 0 spiro atoms. The van der Waals surface area contributed by atoms with Crippen LogP contribution in [0.5, 0.6) is 0 Å². The highest BCUT2D eigenvalue weighted by molar-refractivity contribution is 7.99. The van der Waals surface area contributed by atoms with Gasteiger partial charge in [-0.25, -0.2) is 4.39 Å². The van der Waals surface area contributed by atoms with Crippen molar-refractivity contribution in [1.29, 1.82) is 0 Å². The number of aromatic nitrogens is 2. The highest BCUT2D eigenvalue weighted by Crippen LogP contribution is 2.29. The molecule has 1 heterocycles. The summed E-state index contributed by atoms with van der Waals surface area (Å²) in [4.78, 5) is 0.489. The summed E-state index contributed by atoms with van der Waals surface area (Å²) in [5.74, 6) is 0.208. The fourth-order valence-electron chi connectivity index (χ4n) is 1.56. The Labute approximate surface area is 115 Å². The lowest BCUT2D eigenvalue weighted by molar-refractivity contribution is 0.429. The van der Waals surface area contributed by atoms with Gasteiger partial charge >= 0.3 is 0 Å². The van der Waals surface area contributed by atoms with Crippen LogP contribution in [0.1, 0.15) is 24.8 Å². The van der Waals surface area contributed by atoms with E-state index in [4.69, 9.17) is 4.42 Å². The summed E-state index contributed by atoms with van der Waals surface area (Å²) in [6.45, 7) is 5.41. The topological polar surface area (TPSA) is 51.0 Å². The fourth-order valence-corrected chi connectivity index (χ4v) is 2.28. The zero-order valence-electron chi connectivity index (χ0n) is 10.9. The second-order valence-corrected chi connectivity index (χ2v) is 5.12. The maximum absolute atomic E-state index is 13.9. The number of benzene rings is 1. The van der Waals surface area contributed by atoms with Crippen LogP contribution < -0.4 is 5.32 Å². The molecule has 0 fully saturated rings. The van der Waals surface area contributed by atoms with Gasteiger partial charge in [-0.1, -0.05) is 13.0 Å². The van der Waals surface area contributed by atoms with Crippen LogP contribution in [-0.4, -0.2) is 16.7 Å². The second-order valence-electron chi connectivity index (χ2n) is 4.13. The van der Waals surface area contributed by atoms with E-state index in [0.717, 1.165) is 30.3 Å². The molecule has 0 aliphatic rings. The average molecular weight is 281 g/mol. The van der Waals surface area contributed by atoms with E-state index in [2.05, 4.69) is 22.4 Å². The standard InChI is InChI=1S/C13H16FN3OS/c1-3-6-15-8-10-4-5-12(11(14)7-10)19-13-17-16-9(2)18-13/h4-5,7,15H,3,6,8H2,1-2H3. The van der Waals surface area contributed by atoms with Crippen molar-refractivity contribution >= 4 is 11.8 Å². The molecule has 2 rings (SSSR count). The molecular formula is C13H16FN3OS. The Kier molecular flexibility index (Phi) is 4.93. The minimum absolute atomic E-state index is 0.267. The van der Waals surface area contributed by atoms with Crippen LogP contribution in [0.3, 0.4) is 0 Å². The highest BCUT2D eigenvalue weighted by atomic mass is 32.2. The van der Waals surface area contributed by atoms with Gasteiger partial charge in [-0.3, -0.25) is 0 Å². The van der Waals surface area contributed by atoms with Gasteiger partial charge in [-0.2, -0.15) is 0 Å². The van der Waals surface area contributed by atoms with Crippen molar-refractivity contribution in [3.63, 3.8) is 0 Å². The fraction of sp³-hybridized carbons (Fsp3) is 0.385. The predicted octanol–water partition coefficient (Wildman–Crippen LogP) is 3.17. The van der Waals surface area contributed by atoms with E-state index in [9.17, 15) is 4.39 Å². The van der Waals surface area contributed by atoms with Crippen LogP contribution in [0, 0.1) is 12.7 Å². The smallest absolute Gasteiger partial charge is 0.281 e. The van der Waals surface area contributed by atoms with E-state index in [1.807, 2.05) is 6.07 Å². The summed E-state index contributed by atoms with van der Waals surface area (Å²) in [6.07, 6.45) is 1.06. The molecule has 1 aromatic heterocycles. The predicted molar refractivity (Wildman–Crippen MR) is 71.6 cm³/mol.